The van der Waals surface area contributed by atoms with E-state index in [4.69, 9.17) is 0 Å². The normalized spacial score (nSPS) is 11.6. The lowest BCUT2D eigenvalue weighted by atomic mass is 10.2. The van der Waals surface area contributed by atoms with Gasteiger partial charge in [0.15, 0.2) is 5.16 Å². The van der Waals surface area contributed by atoms with Crippen molar-refractivity contribution in [1.29, 1.82) is 0 Å². The summed E-state index contributed by atoms with van der Waals surface area (Å²) in [6.45, 7) is 1.87. The minimum absolute atomic E-state index is 0.0464. The first-order valence-electron chi connectivity index (χ1n) is 9.82. The van der Waals surface area contributed by atoms with Crippen LogP contribution in [0.4, 0.5) is 17.1 Å². The number of carbonyl (C=O) groups excluding carboxylic acids is 2. The molecule has 0 aliphatic rings. The Labute approximate surface area is 188 Å². The van der Waals surface area contributed by atoms with Crippen molar-refractivity contribution in [2.45, 2.75) is 30.2 Å². The molecule has 0 aliphatic heterocycles. The molecule has 1 atom stereocenters. The van der Waals surface area contributed by atoms with Crippen LogP contribution in [-0.2, 0) is 23.1 Å². The number of nitro groups is 1. The highest BCUT2D eigenvalue weighted by atomic mass is 32.2. The van der Waals surface area contributed by atoms with Gasteiger partial charge in [-0.25, -0.2) is 0 Å². The molecule has 32 heavy (non-hydrogen) atoms. The first-order valence-corrected chi connectivity index (χ1v) is 10.7. The van der Waals surface area contributed by atoms with Crippen molar-refractivity contribution in [3.05, 3.63) is 70.5 Å². The molecule has 0 unspecified atom stereocenters. The summed E-state index contributed by atoms with van der Waals surface area (Å²) in [7, 11) is 1.74. The molecule has 0 bridgehead atoms. The molecule has 0 spiro atoms. The van der Waals surface area contributed by atoms with Gasteiger partial charge in [-0.15, -0.1) is 10.2 Å². The number of thioether (sulfide) groups is 1. The van der Waals surface area contributed by atoms with Gasteiger partial charge in [0.25, 0.3) is 5.69 Å². The van der Waals surface area contributed by atoms with Crippen LogP contribution in [0, 0.1) is 10.1 Å². The lowest BCUT2D eigenvalue weighted by molar-refractivity contribution is -0.384. The lowest BCUT2D eigenvalue weighted by Crippen LogP contribution is -2.25. The van der Waals surface area contributed by atoms with Gasteiger partial charge in [0.05, 0.1) is 16.6 Å². The second kappa shape index (κ2) is 10.5. The Morgan fingerprint density at radius 2 is 1.72 bits per heavy atom. The van der Waals surface area contributed by atoms with E-state index in [-0.39, 0.29) is 23.9 Å². The van der Waals surface area contributed by atoms with Gasteiger partial charge in [0.1, 0.15) is 5.82 Å². The molecule has 166 valence electrons. The van der Waals surface area contributed by atoms with Gasteiger partial charge in [0, 0.05) is 30.6 Å². The number of nitro benzene ring substituents is 1. The molecule has 1 heterocycles. The van der Waals surface area contributed by atoms with Crippen molar-refractivity contribution in [2.75, 3.05) is 10.6 Å². The van der Waals surface area contributed by atoms with E-state index in [0.29, 0.717) is 28.8 Å². The molecule has 3 rings (SSSR count). The standard InChI is InChI=1S/C21H22N6O4S/c1-3-17(20(29)23-15-9-11-16(12-10-15)27(30)31)32-21-25-24-18(26(21)2)13-19(28)22-14-7-5-4-6-8-14/h4-12,17H,3,13H2,1-2H3,(H,22,28)(H,23,29)/t17-/m0/s1. The zero-order valence-electron chi connectivity index (χ0n) is 17.5. The van der Waals surface area contributed by atoms with E-state index in [1.807, 2.05) is 25.1 Å². The SMILES string of the molecule is CC[C@H](Sc1nnc(CC(=O)Nc2ccccc2)n1C)C(=O)Nc1ccc([N+](=O)[O-])cc1. The first-order chi connectivity index (χ1) is 15.4. The number of hydrogen-bond donors (Lipinski definition) is 2. The maximum atomic E-state index is 12.7. The Balaban J connectivity index is 1.61. The average molecular weight is 455 g/mol. The van der Waals surface area contributed by atoms with Crippen LogP contribution in [0.1, 0.15) is 19.2 Å². The van der Waals surface area contributed by atoms with Gasteiger partial charge in [-0.05, 0) is 30.7 Å². The van der Waals surface area contributed by atoms with E-state index in [1.54, 1.807) is 23.7 Å². The molecule has 0 radical (unpaired) electrons. The number of benzene rings is 2. The Kier molecular flexibility index (Phi) is 7.55. The maximum Gasteiger partial charge on any atom is 0.269 e. The number of hydrogen-bond acceptors (Lipinski definition) is 7. The maximum absolute atomic E-state index is 12.7. The van der Waals surface area contributed by atoms with Crippen molar-refractivity contribution >= 4 is 40.6 Å². The van der Waals surface area contributed by atoms with Gasteiger partial charge in [-0.1, -0.05) is 36.9 Å². The number of nitrogens with one attached hydrogen (secondary N) is 2. The van der Waals surface area contributed by atoms with Gasteiger partial charge in [0.2, 0.25) is 11.8 Å². The summed E-state index contributed by atoms with van der Waals surface area (Å²) in [5.41, 5.74) is 1.12. The van der Waals surface area contributed by atoms with E-state index >= 15 is 0 Å². The Morgan fingerprint density at radius 3 is 2.34 bits per heavy atom. The van der Waals surface area contributed by atoms with E-state index in [9.17, 15) is 19.7 Å². The Morgan fingerprint density at radius 1 is 1.06 bits per heavy atom. The van der Waals surface area contributed by atoms with Crippen LogP contribution in [0.15, 0.2) is 59.8 Å². The third kappa shape index (κ3) is 5.91. The number of para-hydroxylation sites is 1. The van der Waals surface area contributed by atoms with Gasteiger partial charge in [-0.2, -0.15) is 0 Å². The number of rotatable bonds is 9. The van der Waals surface area contributed by atoms with Gasteiger partial charge < -0.3 is 15.2 Å². The van der Waals surface area contributed by atoms with E-state index < -0.39 is 10.2 Å². The molecule has 2 aromatic carbocycles. The van der Waals surface area contributed by atoms with E-state index in [1.165, 1.54) is 36.0 Å². The van der Waals surface area contributed by atoms with Crippen LogP contribution >= 0.6 is 11.8 Å². The zero-order chi connectivity index (χ0) is 23.1. The summed E-state index contributed by atoms with van der Waals surface area (Å²) >= 11 is 1.24. The fourth-order valence-electron chi connectivity index (χ4n) is 2.81. The quantitative estimate of drug-likeness (QED) is 0.288. The molecular formula is C21H22N6O4S. The monoisotopic (exact) mass is 454 g/mol. The summed E-state index contributed by atoms with van der Waals surface area (Å²) in [6, 6.07) is 14.8. The Hall–Kier alpha value is -3.73. The molecule has 11 heteroatoms. The largest absolute Gasteiger partial charge is 0.326 e. The van der Waals surface area contributed by atoms with Crippen LogP contribution < -0.4 is 10.6 Å². The number of non-ortho nitro benzene ring substituents is 1. The molecule has 10 nitrogen and oxygen atoms in total. The van der Waals surface area contributed by atoms with Crippen LogP contribution in [0.5, 0.6) is 0 Å². The summed E-state index contributed by atoms with van der Waals surface area (Å²) < 4.78 is 1.69. The van der Waals surface area contributed by atoms with Crippen molar-refractivity contribution in [3.63, 3.8) is 0 Å². The molecule has 3 aromatic rings. The predicted octanol–water partition coefficient (Wildman–Crippen LogP) is 3.41. The smallest absolute Gasteiger partial charge is 0.269 e. The molecule has 0 saturated carbocycles. The van der Waals surface area contributed by atoms with Crippen LogP contribution in [-0.4, -0.2) is 36.8 Å². The number of anilines is 2. The average Bonchev–Trinajstić information content (AvgIpc) is 3.11. The number of aromatic nitrogens is 3. The van der Waals surface area contributed by atoms with Gasteiger partial charge >= 0.3 is 0 Å². The topological polar surface area (TPSA) is 132 Å². The molecule has 0 saturated heterocycles. The first kappa shape index (κ1) is 22.9. The third-order valence-corrected chi connectivity index (χ3v) is 5.96. The second-order valence-corrected chi connectivity index (χ2v) is 8.03. The predicted molar refractivity (Wildman–Crippen MR) is 121 cm³/mol. The molecular weight excluding hydrogens is 432 g/mol. The Bertz CT molecular complexity index is 1100. The lowest BCUT2D eigenvalue weighted by Gasteiger charge is -2.14. The summed E-state index contributed by atoms with van der Waals surface area (Å²) in [5, 5.41) is 24.6. The number of carbonyl (C=O) groups is 2. The fourth-order valence-corrected chi connectivity index (χ4v) is 3.75. The molecule has 2 amide bonds. The minimum atomic E-state index is -0.498. The summed E-state index contributed by atoms with van der Waals surface area (Å²) in [5.74, 6) is 0.00971. The highest BCUT2D eigenvalue weighted by Crippen LogP contribution is 2.26. The van der Waals surface area contributed by atoms with E-state index in [0.717, 1.165) is 0 Å². The van der Waals surface area contributed by atoms with Crippen molar-refractivity contribution < 1.29 is 14.5 Å². The summed E-state index contributed by atoms with van der Waals surface area (Å²) in [4.78, 5) is 35.2. The van der Waals surface area contributed by atoms with Crippen molar-refractivity contribution in [1.82, 2.24) is 14.8 Å². The molecule has 0 fully saturated rings. The highest BCUT2D eigenvalue weighted by Gasteiger charge is 2.22. The zero-order valence-corrected chi connectivity index (χ0v) is 18.3. The van der Waals surface area contributed by atoms with Crippen LogP contribution in [0.2, 0.25) is 0 Å². The van der Waals surface area contributed by atoms with Crippen molar-refractivity contribution in [3.8, 4) is 0 Å². The van der Waals surface area contributed by atoms with Crippen molar-refractivity contribution in [2.24, 2.45) is 7.05 Å². The highest BCUT2D eigenvalue weighted by molar-refractivity contribution is 8.00. The second-order valence-electron chi connectivity index (χ2n) is 6.86. The molecule has 1 aromatic heterocycles. The molecule has 0 aliphatic carbocycles. The minimum Gasteiger partial charge on any atom is -0.326 e. The number of nitrogens with zero attached hydrogens (tertiary/aromatic N) is 4. The van der Waals surface area contributed by atoms with Crippen LogP contribution in [0.3, 0.4) is 0 Å². The molecule has 2 N–H and O–H groups in total. The fraction of sp³-hybridized carbons (Fsp3) is 0.238. The summed E-state index contributed by atoms with van der Waals surface area (Å²) in [6.07, 6.45) is 0.574. The van der Waals surface area contributed by atoms with Crippen LogP contribution in [0.25, 0.3) is 0 Å². The number of amides is 2. The third-order valence-electron chi connectivity index (χ3n) is 4.56. The van der Waals surface area contributed by atoms with E-state index in [2.05, 4.69) is 20.8 Å². The van der Waals surface area contributed by atoms with Gasteiger partial charge in [-0.3, -0.25) is 19.7 Å².